The lowest BCUT2D eigenvalue weighted by Gasteiger charge is -2.14. The second kappa shape index (κ2) is 7.16. The van der Waals surface area contributed by atoms with Gasteiger partial charge in [0.15, 0.2) is 0 Å². The molecule has 0 radical (unpaired) electrons. The van der Waals surface area contributed by atoms with Gasteiger partial charge in [0.05, 0.1) is 6.67 Å². The highest BCUT2D eigenvalue weighted by atomic mass is 79.9. The molecule has 18 heavy (non-hydrogen) atoms. The maximum Gasteiger partial charge on any atom is 0.573 e. The number of hydrogen-bond donors (Lipinski definition) is 1. The summed E-state index contributed by atoms with van der Waals surface area (Å²) in [5, 5.41) is 0. The van der Waals surface area contributed by atoms with Crippen LogP contribution in [-0.2, 0) is 0 Å². The average Bonchev–Trinajstić information content (AvgIpc) is 2.14. The fraction of sp³-hybridized carbons (Fsp3) is 0.400. The van der Waals surface area contributed by atoms with E-state index in [4.69, 9.17) is 5.73 Å². The molecule has 0 aliphatic carbocycles. The third-order valence-electron chi connectivity index (χ3n) is 1.98. The fourth-order valence-electron chi connectivity index (χ4n) is 1.28. The van der Waals surface area contributed by atoms with Gasteiger partial charge in [-0.05, 0) is 30.2 Å². The van der Waals surface area contributed by atoms with Crippen molar-refractivity contribution in [2.45, 2.75) is 18.8 Å². The van der Waals surface area contributed by atoms with Gasteiger partial charge in [0.1, 0.15) is 5.75 Å². The molecule has 0 aliphatic rings. The van der Waals surface area contributed by atoms with Crippen molar-refractivity contribution in [1.29, 1.82) is 0 Å². The summed E-state index contributed by atoms with van der Waals surface area (Å²) in [5.41, 5.74) is 5.99. The molecule has 1 aromatic rings. The van der Waals surface area contributed by atoms with Crippen LogP contribution in [0.1, 0.15) is 18.0 Å². The van der Waals surface area contributed by atoms with Crippen LogP contribution >= 0.6 is 28.3 Å². The second-order valence-electron chi connectivity index (χ2n) is 3.35. The lowest BCUT2D eigenvalue weighted by Crippen LogP contribution is -2.18. The van der Waals surface area contributed by atoms with Gasteiger partial charge in [0.25, 0.3) is 0 Å². The van der Waals surface area contributed by atoms with Gasteiger partial charge in [-0.25, -0.2) is 0 Å². The van der Waals surface area contributed by atoms with E-state index in [1.165, 1.54) is 12.1 Å². The first-order valence-electron chi connectivity index (χ1n) is 4.69. The van der Waals surface area contributed by atoms with Crippen molar-refractivity contribution in [2.75, 3.05) is 6.67 Å². The van der Waals surface area contributed by atoms with Crippen LogP contribution in [0.4, 0.5) is 17.6 Å². The minimum absolute atomic E-state index is 0. The van der Waals surface area contributed by atoms with Gasteiger partial charge in [-0.15, -0.1) is 25.6 Å². The minimum atomic E-state index is -4.76. The van der Waals surface area contributed by atoms with Crippen molar-refractivity contribution in [3.05, 3.63) is 28.2 Å². The van der Waals surface area contributed by atoms with E-state index in [2.05, 4.69) is 20.7 Å². The van der Waals surface area contributed by atoms with Crippen LogP contribution < -0.4 is 10.5 Å². The number of halogens is 6. The van der Waals surface area contributed by atoms with Crippen molar-refractivity contribution < 1.29 is 22.3 Å². The molecule has 0 fully saturated rings. The Balaban J connectivity index is 0.00000289. The summed E-state index contributed by atoms with van der Waals surface area (Å²) in [5.74, 6) is -0.379. The molecule has 0 amide bonds. The lowest BCUT2D eigenvalue weighted by molar-refractivity contribution is -0.274. The Labute approximate surface area is 116 Å². The van der Waals surface area contributed by atoms with E-state index < -0.39 is 19.1 Å². The van der Waals surface area contributed by atoms with Gasteiger partial charge >= 0.3 is 6.36 Å². The van der Waals surface area contributed by atoms with Gasteiger partial charge in [-0.2, -0.15) is 0 Å². The molecule has 1 rings (SSSR count). The number of hydrogen-bond acceptors (Lipinski definition) is 2. The first-order chi connectivity index (χ1) is 7.81. The number of benzene rings is 1. The molecule has 0 aromatic heterocycles. The van der Waals surface area contributed by atoms with Crippen LogP contribution in [0, 0.1) is 0 Å². The molecule has 104 valence electrons. The molecule has 2 nitrogen and oxygen atoms in total. The summed E-state index contributed by atoms with van der Waals surface area (Å²) >= 11 is 3.04. The highest BCUT2D eigenvalue weighted by molar-refractivity contribution is 9.10. The Kier molecular flexibility index (Phi) is 6.94. The highest BCUT2D eigenvalue weighted by Crippen LogP contribution is 2.29. The van der Waals surface area contributed by atoms with E-state index in [0.29, 0.717) is 10.0 Å². The lowest BCUT2D eigenvalue weighted by atomic mass is 10.1. The zero-order valence-electron chi connectivity index (χ0n) is 9.01. The molecule has 8 heteroatoms. The zero-order chi connectivity index (χ0) is 13.1. The van der Waals surface area contributed by atoms with Gasteiger partial charge in [-0.1, -0.05) is 15.9 Å². The third-order valence-corrected chi connectivity index (χ3v) is 2.43. The monoisotopic (exact) mass is 351 g/mol. The highest BCUT2D eigenvalue weighted by Gasteiger charge is 2.31. The fourth-order valence-corrected chi connectivity index (χ4v) is 1.77. The summed E-state index contributed by atoms with van der Waals surface area (Å²) in [6, 6.07) is 3.19. The molecule has 0 unspecified atom stereocenters. The molecule has 0 heterocycles. The summed E-state index contributed by atoms with van der Waals surface area (Å²) in [6.45, 7) is -0.636. The molecule has 1 atom stereocenters. The van der Waals surface area contributed by atoms with E-state index in [1.54, 1.807) is 0 Å². The third kappa shape index (κ3) is 5.88. The Morgan fingerprint density at radius 3 is 2.39 bits per heavy atom. The van der Waals surface area contributed by atoms with Gasteiger partial charge < -0.3 is 10.5 Å². The molecular weight excluding hydrogens is 341 g/mol. The van der Waals surface area contributed by atoms with E-state index in [0.717, 1.165) is 6.07 Å². The number of rotatable bonds is 4. The van der Waals surface area contributed by atoms with Crippen molar-refractivity contribution in [1.82, 2.24) is 0 Å². The smallest absolute Gasteiger partial charge is 0.406 e. The van der Waals surface area contributed by atoms with E-state index in [9.17, 15) is 17.6 Å². The molecular formula is C10H11BrClF4NO. The first kappa shape index (κ1) is 17.5. The number of ether oxygens (including phenoxy) is 1. The van der Waals surface area contributed by atoms with Crippen LogP contribution in [0.25, 0.3) is 0 Å². The molecule has 0 saturated carbocycles. The SMILES string of the molecule is Cl.N[C@H](CCF)c1cc(Br)cc(OC(F)(F)F)c1. The van der Waals surface area contributed by atoms with Crippen molar-refractivity contribution >= 4 is 28.3 Å². The second-order valence-corrected chi connectivity index (χ2v) is 4.27. The van der Waals surface area contributed by atoms with Crippen LogP contribution in [0.15, 0.2) is 22.7 Å². The largest absolute Gasteiger partial charge is 0.573 e. The van der Waals surface area contributed by atoms with Crippen molar-refractivity contribution in [2.24, 2.45) is 5.73 Å². The molecule has 1 aromatic carbocycles. The summed E-state index contributed by atoms with van der Waals surface area (Å²) < 4.78 is 52.3. The quantitative estimate of drug-likeness (QED) is 0.827. The number of alkyl halides is 4. The first-order valence-corrected chi connectivity index (χ1v) is 5.49. The molecule has 2 N–H and O–H groups in total. The van der Waals surface area contributed by atoms with E-state index >= 15 is 0 Å². The van der Waals surface area contributed by atoms with Crippen molar-refractivity contribution in [3.63, 3.8) is 0 Å². The maximum atomic E-state index is 12.1. The Morgan fingerprint density at radius 2 is 1.89 bits per heavy atom. The zero-order valence-corrected chi connectivity index (χ0v) is 11.4. The molecule has 0 bridgehead atoms. The summed E-state index contributed by atoms with van der Waals surface area (Å²) in [7, 11) is 0. The predicted octanol–water partition coefficient (Wildman–Crippen LogP) is 4.13. The van der Waals surface area contributed by atoms with Crippen LogP contribution in [0.5, 0.6) is 5.75 Å². The van der Waals surface area contributed by atoms with Crippen LogP contribution in [-0.4, -0.2) is 13.0 Å². The Bertz CT molecular complexity index is 389. The van der Waals surface area contributed by atoms with Crippen LogP contribution in [0.2, 0.25) is 0 Å². The van der Waals surface area contributed by atoms with E-state index in [1.807, 2.05) is 0 Å². The maximum absolute atomic E-state index is 12.1. The van der Waals surface area contributed by atoms with Crippen LogP contribution in [0.3, 0.4) is 0 Å². The standard InChI is InChI=1S/C10H10BrF4NO.ClH/c11-7-3-6(9(16)1-2-12)4-8(5-7)17-10(13,14)15;/h3-5,9H,1-2,16H2;1H/t9-;/m1./s1. The Morgan fingerprint density at radius 1 is 1.28 bits per heavy atom. The minimum Gasteiger partial charge on any atom is -0.406 e. The van der Waals surface area contributed by atoms with Gasteiger partial charge in [-0.3, -0.25) is 4.39 Å². The number of nitrogens with two attached hydrogens (primary N) is 1. The molecule has 0 spiro atoms. The van der Waals surface area contributed by atoms with Crippen molar-refractivity contribution in [3.8, 4) is 5.75 Å². The summed E-state index contributed by atoms with van der Waals surface area (Å²) in [6.07, 6.45) is -4.72. The van der Waals surface area contributed by atoms with E-state index in [-0.39, 0.29) is 24.6 Å². The van der Waals surface area contributed by atoms with Gasteiger partial charge in [0.2, 0.25) is 0 Å². The topological polar surface area (TPSA) is 35.2 Å². The predicted molar refractivity (Wildman–Crippen MR) is 65.6 cm³/mol. The molecule has 0 saturated heterocycles. The molecule has 0 aliphatic heterocycles. The average molecular weight is 353 g/mol. The Hall–Kier alpha value is -0.530. The normalized spacial score (nSPS) is 12.8. The summed E-state index contributed by atoms with van der Waals surface area (Å²) in [4.78, 5) is 0. The van der Waals surface area contributed by atoms with Gasteiger partial charge in [0, 0.05) is 10.5 Å².